The molecule has 1 saturated heterocycles. The van der Waals surface area contributed by atoms with Crippen molar-refractivity contribution in [1.82, 2.24) is 14.9 Å². The summed E-state index contributed by atoms with van der Waals surface area (Å²) in [7, 11) is 2.08. The lowest BCUT2D eigenvalue weighted by Crippen LogP contribution is -2.44. The van der Waals surface area contributed by atoms with Crippen LogP contribution in [0.2, 0.25) is 0 Å². The van der Waals surface area contributed by atoms with Crippen molar-refractivity contribution in [2.75, 3.05) is 43.4 Å². The maximum Gasteiger partial charge on any atom is 0.149 e. The number of para-hydroxylation sites is 1. The maximum absolute atomic E-state index is 13.8. The summed E-state index contributed by atoms with van der Waals surface area (Å²) in [6.45, 7) is 5.39. The number of aromatic nitrogens is 2. The van der Waals surface area contributed by atoms with Gasteiger partial charge in [-0.15, -0.1) is 0 Å². The molecule has 5 nitrogen and oxygen atoms in total. The van der Waals surface area contributed by atoms with E-state index in [0.717, 1.165) is 32.0 Å². The minimum atomic E-state index is -0.651. The van der Waals surface area contributed by atoms with Crippen LogP contribution < -0.4 is 10.2 Å². The van der Waals surface area contributed by atoms with Gasteiger partial charge in [-0.05, 0) is 26.1 Å². The summed E-state index contributed by atoms with van der Waals surface area (Å²) < 4.78 is 27.5. The molecule has 0 atom stereocenters. The summed E-state index contributed by atoms with van der Waals surface area (Å²) in [4.78, 5) is 13.1. The summed E-state index contributed by atoms with van der Waals surface area (Å²) in [5.74, 6) is 0.408. The van der Waals surface area contributed by atoms with E-state index in [4.69, 9.17) is 0 Å². The Morgan fingerprint density at radius 2 is 1.70 bits per heavy atom. The minimum absolute atomic E-state index is 0.199. The molecular formula is C16H19F2N5. The molecule has 0 bridgehead atoms. The fourth-order valence-corrected chi connectivity index (χ4v) is 2.56. The molecule has 0 radical (unpaired) electrons. The van der Waals surface area contributed by atoms with Gasteiger partial charge >= 0.3 is 0 Å². The van der Waals surface area contributed by atoms with Crippen molar-refractivity contribution in [3.8, 4) is 0 Å². The molecule has 122 valence electrons. The molecule has 1 fully saturated rings. The normalized spacial score (nSPS) is 15.7. The third-order valence-electron chi connectivity index (χ3n) is 3.87. The number of rotatable bonds is 3. The molecular weight excluding hydrogens is 300 g/mol. The molecule has 2 heterocycles. The number of benzene rings is 1. The van der Waals surface area contributed by atoms with Crippen molar-refractivity contribution >= 4 is 17.3 Å². The van der Waals surface area contributed by atoms with E-state index in [1.807, 2.05) is 0 Å². The van der Waals surface area contributed by atoms with E-state index in [1.54, 1.807) is 13.0 Å². The lowest BCUT2D eigenvalue weighted by Gasteiger charge is -2.33. The third-order valence-corrected chi connectivity index (χ3v) is 3.87. The second-order valence-corrected chi connectivity index (χ2v) is 5.67. The van der Waals surface area contributed by atoms with Gasteiger partial charge in [0, 0.05) is 32.2 Å². The topological polar surface area (TPSA) is 44.3 Å². The Labute approximate surface area is 134 Å². The highest BCUT2D eigenvalue weighted by atomic mass is 19.1. The van der Waals surface area contributed by atoms with Crippen LogP contribution in [0.1, 0.15) is 5.82 Å². The Bertz CT molecular complexity index is 679. The Morgan fingerprint density at radius 3 is 2.35 bits per heavy atom. The molecule has 1 aliphatic heterocycles. The zero-order chi connectivity index (χ0) is 16.4. The zero-order valence-corrected chi connectivity index (χ0v) is 13.2. The molecule has 0 spiro atoms. The third kappa shape index (κ3) is 3.56. The number of nitrogens with zero attached hydrogens (tertiary/aromatic N) is 4. The van der Waals surface area contributed by atoms with Crippen LogP contribution in [0.25, 0.3) is 0 Å². The second-order valence-electron chi connectivity index (χ2n) is 5.67. The molecule has 1 aliphatic rings. The van der Waals surface area contributed by atoms with Crippen LogP contribution in [0.4, 0.5) is 26.1 Å². The van der Waals surface area contributed by atoms with Crippen LogP contribution in [-0.4, -0.2) is 48.1 Å². The van der Waals surface area contributed by atoms with Gasteiger partial charge in [0.1, 0.15) is 34.8 Å². The number of likely N-dealkylation sites (N-methyl/N-ethyl adjacent to an activating group) is 1. The summed E-state index contributed by atoms with van der Waals surface area (Å²) in [5, 5.41) is 2.73. The number of hydrogen-bond acceptors (Lipinski definition) is 5. The lowest BCUT2D eigenvalue weighted by atomic mass is 10.3. The largest absolute Gasteiger partial charge is 0.354 e. The number of aryl methyl sites for hydroxylation is 1. The van der Waals surface area contributed by atoms with Gasteiger partial charge in [0.05, 0.1) is 0 Å². The van der Waals surface area contributed by atoms with Gasteiger partial charge in [0.15, 0.2) is 0 Å². The average molecular weight is 319 g/mol. The minimum Gasteiger partial charge on any atom is -0.354 e. The van der Waals surface area contributed by atoms with Gasteiger partial charge in [-0.2, -0.15) is 0 Å². The van der Waals surface area contributed by atoms with Crippen LogP contribution in [0.3, 0.4) is 0 Å². The van der Waals surface area contributed by atoms with Crippen LogP contribution >= 0.6 is 0 Å². The molecule has 1 aromatic heterocycles. The van der Waals surface area contributed by atoms with Gasteiger partial charge in [-0.25, -0.2) is 18.7 Å². The van der Waals surface area contributed by atoms with Gasteiger partial charge in [-0.3, -0.25) is 0 Å². The van der Waals surface area contributed by atoms with E-state index >= 15 is 0 Å². The van der Waals surface area contributed by atoms with Crippen molar-refractivity contribution in [2.45, 2.75) is 6.92 Å². The summed E-state index contributed by atoms with van der Waals surface area (Å²) in [5.41, 5.74) is -0.199. The first-order valence-corrected chi connectivity index (χ1v) is 7.53. The van der Waals surface area contributed by atoms with Crippen molar-refractivity contribution in [3.63, 3.8) is 0 Å². The van der Waals surface area contributed by atoms with Crippen LogP contribution in [0, 0.1) is 18.6 Å². The first-order valence-electron chi connectivity index (χ1n) is 7.53. The first kappa shape index (κ1) is 15.6. The molecule has 2 aromatic rings. The monoisotopic (exact) mass is 319 g/mol. The lowest BCUT2D eigenvalue weighted by molar-refractivity contribution is 0.312. The smallest absolute Gasteiger partial charge is 0.149 e. The Morgan fingerprint density at radius 1 is 1.04 bits per heavy atom. The highest BCUT2D eigenvalue weighted by Crippen LogP contribution is 2.24. The summed E-state index contributed by atoms with van der Waals surface area (Å²) in [6, 6.07) is 5.47. The first-order chi connectivity index (χ1) is 11.0. The number of anilines is 3. The van der Waals surface area contributed by atoms with E-state index in [0.29, 0.717) is 11.6 Å². The van der Waals surface area contributed by atoms with E-state index in [-0.39, 0.29) is 5.69 Å². The van der Waals surface area contributed by atoms with Crippen LogP contribution in [-0.2, 0) is 0 Å². The van der Waals surface area contributed by atoms with Crippen molar-refractivity contribution in [1.29, 1.82) is 0 Å². The van der Waals surface area contributed by atoms with E-state index in [2.05, 4.69) is 32.1 Å². The molecule has 0 unspecified atom stereocenters. The maximum atomic E-state index is 13.8. The quantitative estimate of drug-likeness (QED) is 0.942. The van der Waals surface area contributed by atoms with Gasteiger partial charge < -0.3 is 15.1 Å². The molecule has 0 aliphatic carbocycles. The fourth-order valence-electron chi connectivity index (χ4n) is 2.56. The Kier molecular flexibility index (Phi) is 4.38. The van der Waals surface area contributed by atoms with E-state index in [1.165, 1.54) is 18.2 Å². The van der Waals surface area contributed by atoms with E-state index < -0.39 is 11.6 Å². The summed E-state index contributed by atoms with van der Waals surface area (Å²) in [6.07, 6.45) is 0. The molecule has 3 rings (SSSR count). The zero-order valence-electron chi connectivity index (χ0n) is 13.2. The Balaban J connectivity index is 1.86. The van der Waals surface area contributed by atoms with Crippen LogP contribution in [0.5, 0.6) is 0 Å². The standard InChI is InChI=1S/C16H19F2N5/c1-11-19-14(21-16-12(17)4-3-5-13(16)18)10-15(20-11)23-8-6-22(2)7-9-23/h3-5,10H,6-9H2,1-2H3,(H,19,20,21). The SMILES string of the molecule is Cc1nc(Nc2c(F)cccc2F)cc(N2CCN(C)CC2)n1. The van der Waals surface area contributed by atoms with Crippen LogP contribution in [0.15, 0.2) is 24.3 Å². The highest BCUT2D eigenvalue weighted by Gasteiger charge is 2.17. The number of hydrogen-bond donors (Lipinski definition) is 1. The summed E-state index contributed by atoms with van der Waals surface area (Å²) >= 11 is 0. The Hall–Kier alpha value is -2.28. The number of halogens is 2. The molecule has 23 heavy (non-hydrogen) atoms. The molecule has 0 saturated carbocycles. The molecule has 1 N–H and O–H groups in total. The molecule has 1 aromatic carbocycles. The van der Waals surface area contributed by atoms with Crippen molar-refractivity contribution in [2.24, 2.45) is 0 Å². The predicted molar refractivity (Wildman–Crippen MR) is 86.1 cm³/mol. The second kappa shape index (κ2) is 6.45. The fraction of sp³-hybridized carbons (Fsp3) is 0.375. The van der Waals surface area contributed by atoms with Gasteiger partial charge in [0.25, 0.3) is 0 Å². The van der Waals surface area contributed by atoms with Gasteiger partial charge in [0.2, 0.25) is 0 Å². The molecule has 0 amide bonds. The van der Waals surface area contributed by atoms with Gasteiger partial charge in [-0.1, -0.05) is 6.07 Å². The van der Waals surface area contributed by atoms with Crippen molar-refractivity contribution < 1.29 is 8.78 Å². The van der Waals surface area contributed by atoms with Crippen molar-refractivity contribution in [3.05, 3.63) is 41.7 Å². The molecule has 7 heteroatoms. The van der Waals surface area contributed by atoms with E-state index in [9.17, 15) is 8.78 Å². The predicted octanol–water partition coefficient (Wildman–Crippen LogP) is 2.56. The highest BCUT2D eigenvalue weighted by molar-refractivity contribution is 5.61. The average Bonchev–Trinajstić information content (AvgIpc) is 2.51. The number of nitrogens with one attached hydrogen (secondary N) is 1. The number of piperazine rings is 1.